The fourth-order valence-corrected chi connectivity index (χ4v) is 3.61. The van der Waals surface area contributed by atoms with Crippen LogP contribution in [0.25, 0.3) is 0 Å². The normalized spacial score (nSPS) is 14.5. The van der Waals surface area contributed by atoms with E-state index in [9.17, 15) is 4.79 Å². The maximum Gasteiger partial charge on any atom is 0.246 e. The van der Waals surface area contributed by atoms with Gasteiger partial charge in [-0.15, -0.1) is 0 Å². The summed E-state index contributed by atoms with van der Waals surface area (Å²) < 4.78 is 0. The molecule has 126 valence electrons. The van der Waals surface area contributed by atoms with Crippen molar-refractivity contribution in [3.63, 3.8) is 0 Å². The molecule has 24 heavy (non-hydrogen) atoms. The molecule has 0 fully saturated rings. The van der Waals surface area contributed by atoms with Crippen molar-refractivity contribution in [2.24, 2.45) is 0 Å². The number of benzene rings is 2. The first kappa shape index (κ1) is 16.7. The van der Waals surface area contributed by atoms with Gasteiger partial charge in [-0.1, -0.05) is 50.2 Å². The second-order valence-electron chi connectivity index (χ2n) is 6.36. The van der Waals surface area contributed by atoms with Crippen LogP contribution in [0.15, 0.2) is 48.5 Å². The fourth-order valence-electron chi connectivity index (χ4n) is 3.61. The van der Waals surface area contributed by atoms with Crippen molar-refractivity contribution in [2.75, 3.05) is 18.4 Å². The van der Waals surface area contributed by atoms with E-state index in [1.54, 1.807) is 0 Å². The van der Waals surface area contributed by atoms with Crippen LogP contribution in [0, 0.1) is 0 Å². The van der Waals surface area contributed by atoms with Gasteiger partial charge in [0, 0.05) is 5.69 Å². The highest BCUT2D eigenvalue weighted by molar-refractivity contribution is 5.95. The molecule has 0 saturated heterocycles. The molecule has 3 rings (SSSR count). The lowest BCUT2D eigenvalue weighted by molar-refractivity contribution is -0.121. The number of amides is 1. The second kappa shape index (κ2) is 7.63. The zero-order valence-electron chi connectivity index (χ0n) is 14.6. The summed E-state index contributed by atoms with van der Waals surface area (Å²) in [6.07, 6.45) is 3.51. The van der Waals surface area contributed by atoms with Crippen molar-refractivity contribution in [1.29, 1.82) is 0 Å². The van der Waals surface area contributed by atoms with Gasteiger partial charge in [-0.2, -0.15) is 0 Å². The molecule has 0 heterocycles. The van der Waals surface area contributed by atoms with Gasteiger partial charge in [-0.3, -0.25) is 9.69 Å². The van der Waals surface area contributed by atoms with Crippen LogP contribution in [-0.2, 0) is 17.6 Å². The number of hydrogen-bond donors (Lipinski definition) is 1. The molecule has 0 saturated carbocycles. The molecule has 2 aromatic carbocycles. The van der Waals surface area contributed by atoms with E-state index in [1.807, 2.05) is 36.4 Å². The Morgan fingerprint density at radius 3 is 2.46 bits per heavy atom. The second-order valence-corrected chi connectivity index (χ2v) is 6.36. The van der Waals surface area contributed by atoms with E-state index in [0.29, 0.717) is 0 Å². The molecule has 0 radical (unpaired) electrons. The zero-order chi connectivity index (χ0) is 16.9. The van der Waals surface area contributed by atoms with Gasteiger partial charge >= 0.3 is 0 Å². The van der Waals surface area contributed by atoms with Crippen LogP contribution in [0.3, 0.4) is 0 Å². The van der Waals surface area contributed by atoms with Gasteiger partial charge in [0.25, 0.3) is 0 Å². The maximum absolute atomic E-state index is 13.0. The Morgan fingerprint density at radius 2 is 1.75 bits per heavy atom. The SMILES string of the molecule is CCN(CC)C(C(=O)Nc1ccc2c(c1)CCC2)c1ccccc1. The van der Waals surface area contributed by atoms with Crippen LogP contribution >= 0.6 is 0 Å². The summed E-state index contributed by atoms with van der Waals surface area (Å²) in [7, 11) is 0. The third kappa shape index (κ3) is 3.51. The van der Waals surface area contributed by atoms with Crippen LogP contribution in [0.1, 0.15) is 43.0 Å². The van der Waals surface area contributed by atoms with E-state index in [0.717, 1.165) is 37.2 Å². The molecule has 1 atom stereocenters. The third-order valence-electron chi connectivity index (χ3n) is 4.91. The summed E-state index contributed by atoms with van der Waals surface area (Å²) in [5.41, 5.74) is 4.76. The standard InChI is InChI=1S/C21H26N2O/c1-3-23(4-2)20(17-9-6-5-7-10-17)21(24)22-19-14-13-16-11-8-12-18(16)15-19/h5-7,9-10,13-15,20H,3-4,8,11-12H2,1-2H3,(H,22,24). The minimum atomic E-state index is -0.255. The summed E-state index contributed by atoms with van der Waals surface area (Å²) in [6.45, 7) is 5.88. The van der Waals surface area contributed by atoms with E-state index in [-0.39, 0.29) is 11.9 Å². The summed E-state index contributed by atoms with van der Waals surface area (Å²) >= 11 is 0. The van der Waals surface area contributed by atoms with Gasteiger partial charge < -0.3 is 5.32 Å². The number of anilines is 1. The van der Waals surface area contributed by atoms with Crippen LogP contribution in [-0.4, -0.2) is 23.9 Å². The Morgan fingerprint density at radius 1 is 1.04 bits per heavy atom. The fraction of sp³-hybridized carbons (Fsp3) is 0.381. The molecule has 2 aromatic rings. The van der Waals surface area contributed by atoms with Gasteiger partial charge in [0.05, 0.1) is 0 Å². The van der Waals surface area contributed by atoms with Crippen LogP contribution in [0.4, 0.5) is 5.69 Å². The average Bonchev–Trinajstić information content (AvgIpc) is 3.07. The molecule has 0 bridgehead atoms. The lowest BCUT2D eigenvalue weighted by Gasteiger charge is -2.29. The van der Waals surface area contributed by atoms with Crippen LogP contribution in [0.5, 0.6) is 0 Å². The topological polar surface area (TPSA) is 32.3 Å². The molecule has 1 N–H and O–H groups in total. The summed E-state index contributed by atoms with van der Waals surface area (Å²) in [5.74, 6) is 0.0443. The summed E-state index contributed by atoms with van der Waals surface area (Å²) in [4.78, 5) is 15.2. The first-order chi connectivity index (χ1) is 11.7. The lowest BCUT2D eigenvalue weighted by atomic mass is 10.0. The summed E-state index contributed by atoms with van der Waals surface area (Å²) in [6, 6.07) is 16.1. The Bertz CT molecular complexity index is 692. The van der Waals surface area contributed by atoms with Crippen molar-refractivity contribution < 1.29 is 4.79 Å². The van der Waals surface area contributed by atoms with E-state index in [1.165, 1.54) is 17.5 Å². The quantitative estimate of drug-likeness (QED) is 0.864. The highest BCUT2D eigenvalue weighted by Gasteiger charge is 2.26. The Hall–Kier alpha value is -2.13. The van der Waals surface area contributed by atoms with Gasteiger partial charge in [-0.05, 0) is 61.2 Å². The predicted octanol–water partition coefficient (Wildman–Crippen LogP) is 4.20. The molecule has 3 heteroatoms. The minimum Gasteiger partial charge on any atom is -0.324 e. The highest BCUT2D eigenvalue weighted by atomic mass is 16.2. The van der Waals surface area contributed by atoms with E-state index in [4.69, 9.17) is 0 Å². The number of nitrogens with one attached hydrogen (secondary N) is 1. The number of aryl methyl sites for hydroxylation is 2. The Balaban J connectivity index is 1.83. The van der Waals surface area contributed by atoms with Crippen molar-refractivity contribution in [2.45, 2.75) is 39.2 Å². The number of carbonyl (C=O) groups excluding carboxylic acids is 1. The predicted molar refractivity (Wildman–Crippen MR) is 99.2 cm³/mol. The van der Waals surface area contributed by atoms with E-state index in [2.05, 4.69) is 36.2 Å². The first-order valence-corrected chi connectivity index (χ1v) is 8.94. The highest BCUT2D eigenvalue weighted by Crippen LogP contribution is 2.27. The van der Waals surface area contributed by atoms with Crippen molar-refractivity contribution in [3.8, 4) is 0 Å². The van der Waals surface area contributed by atoms with Gasteiger partial charge in [-0.25, -0.2) is 0 Å². The molecule has 3 nitrogen and oxygen atoms in total. The van der Waals surface area contributed by atoms with Gasteiger partial charge in [0.1, 0.15) is 6.04 Å². The maximum atomic E-state index is 13.0. The van der Waals surface area contributed by atoms with E-state index < -0.39 is 0 Å². The molecule has 0 aromatic heterocycles. The van der Waals surface area contributed by atoms with Gasteiger partial charge in [0.15, 0.2) is 0 Å². The zero-order valence-corrected chi connectivity index (χ0v) is 14.6. The van der Waals surface area contributed by atoms with Crippen molar-refractivity contribution in [3.05, 3.63) is 65.2 Å². The Kier molecular flexibility index (Phi) is 5.31. The van der Waals surface area contributed by atoms with E-state index >= 15 is 0 Å². The first-order valence-electron chi connectivity index (χ1n) is 8.94. The molecule has 1 amide bonds. The monoisotopic (exact) mass is 322 g/mol. The van der Waals surface area contributed by atoms with Crippen molar-refractivity contribution in [1.82, 2.24) is 4.90 Å². The largest absolute Gasteiger partial charge is 0.324 e. The number of hydrogen-bond acceptors (Lipinski definition) is 2. The van der Waals surface area contributed by atoms with Gasteiger partial charge in [0.2, 0.25) is 5.91 Å². The number of likely N-dealkylation sites (N-methyl/N-ethyl adjacent to an activating group) is 1. The number of fused-ring (bicyclic) bond motifs is 1. The molecule has 0 spiro atoms. The molecule has 0 aliphatic heterocycles. The Labute approximate surface area is 144 Å². The molecular weight excluding hydrogens is 296 g/mol. The minimum absolute atomic E-state index is 0.0443. The lowest BCUT2D eigenvalue weighted by Crippen LogP contribution is -2.37. The smallest absolute Gasteiger partial charge is 0.246 e. The number of nitrogens with zero attached hydrogens (tertiary/aromatic N) is 1. The average molecular weight is 322 g/mol. The number of rotatable bonds is 6. The molecule has 1 unspecified atom stereocenters. The molecule has 1 aliphatic rings. The van der Waals surface area contributed by atoms with Crippen LogP contribution < -0.4 is 5.32 Å². The third-order valence-corrected chi connectivity index (χ3v) is 4.91. The number of carbonyl (C=O) groups is 1. The molecule has 1 aliphatic carbocycles. The van der Waals surface area contributed by atoms with Crippen LogP contribution in [0.2, 0.25) is 0 Å². The molecular formula is C21H26N2O. The summed E-state index contributed by atoms with van der Waals surface area (Å²) in [5, 5.41) is 3.14. The van der Waals surface area contributed by atoms with Crippen molar-refractivity contribution >= 4 is 11.6 Å².